The topological polar surface area (TPSA) is 52.6 Å². The van der Waals surface area contributed by atoms with Crippen molar-refractivity contribution in [2.45, 2.75) is 24.8 Å². The van der Waals surface area contributed by atoms with Gasteiger partial charge in [0.2, 0.25) is 0 Å². The fourth-order valence-corrected chi connectivity index (χ4v) is 2.47. The molecule has 0 aliphatic carbocycles. The predicted octanol–water partition coefficient (Wildman–Crippen LogP) is 2.18. The van der Waals surface area contributed by atoms with Crippen LogP contribution in [0.15, 0.2) is 24.3 Å². The molecule has 0 saturated carbocycles. The zero-order valence-corrected chi connectivity index (χ0v) is 11.0. The van der Waals surface area contributed by atoms with Crippen molar-refractivity contribution >= 4 is 11.7 Å². The van der Waals surface area contributed by atoms with Crippen molar-refractivity contribution in [2.24, 2.45) is 0 Å². The van der Waals surface area contributed by atoms with Crippen molar-refractivity contribution in [3.8, 4) is 0 Å². The summed E-state index contributed by atoms with van der Waals surface area (Å²) in [6.07, 6.45) is 1.94. The maximum atomic E-state index is 12.9. The Hall–Kier alpha value is -1.62. The molecule has 19 heavy (non-hydrogen) atoms. The summed E-state index contributed by atoms with van der Waals surface area (Å²) in [6.45, 7) is 1.64. The van der Waals surface area contributed by atoms with Crippen molar-refractivity contribution in [1.82, 2.24) is 4.90 Å². The highest BCUT2D eigenvalue weighted by molar-refractivity contribution is 5.82. The van der Waals surface area contributed by atoms with Gasteiger partial charge in [-0.05, 0) is 57.1 Å². The largest absolute Gasteiger partial charge is 0.480 e. The van der Waals surface area contributed by atoms with Crippen LogP contribution in [0.1, 0.15) is 19.3 Å². The SMILES string of the molecule is CN1CCCC(Nc2ccc(F)cc2)(C(=O)O)CC1. The van der Waals surface area contributed by atoms with E-state index in [9.17, 15) is 14.3 Å². The first-order valence-electron chi connectivity index (χ1n) is 6.47. The fraction of sp³-hybridized carbons (Fsp3) is 0.500. The van der Waals surface area contributed by atoms with Gasteiger partial charge >= 0.3 is 5.97 Å². The molecule has 1 aromatic rings. The number of rotatable bonds is 3. The Morgan fingerprint density at radius 1 is 1.32 bits per heavy atom. The third kappa shape index (κ3) is 3.23. The summed E-state index contributed by atoms with van der Waals surface area (Å²) >= 11 is 0. The number of carboxylic acids is 1. The number of hydrogen-bond donors (Lipinski definition) is 2. The Balaban J connectivity index is 2.19. The monoisotopic (exact) mass is 266 g/mol. The zero-order valence-electron chi connectivity index (χ0n) is 11.0. The molecule has 4 nitrogen and oxygen atoms in total. The number of benzene rings is 1. The van der Waals surface area contributed by atoms with Crippen LogP contribution in [0.4, 0.5) is 10.1 Å². The molecule has 0 aromatic heterocycles. The van der Waals surface area contributed by atoms with Crippen molar-refractivity contribution in [1.29, 1.82) is 0 Å². The lowest BCUT2D eigenvalue weighted by atomic mass is 9.90. The number of nitrogens with zero attached hydrogens (tertiary/aromatic N) is 1. The summed E-state index contributed by atoms with van der Waals surface area (Å²) in [5.74, 6) is -1.16. The zero-order chi connectivity index (χ0) is 13.9. The van der Waals surface area contributed by atoms with Gasteiger partial charge in [0.05, 0.1) is 0 Å². The molecular formula is C14H19FN2O2. The van der Waals surface area contributed by atoms with Crippen molar-refractivity contribution in [3.05, 3.63) is 30.1 Å². The molecule has 1 aliphatic heterocycles. The number of anilines is 1. The molecule has 1 aromatic carbocycles. The first-order valence-corrected chi connectivity index (χ1v) is 6.47. The van der Waals surface area contributed by atoms with E-state index in [-0.39, 0.29) is 5.82 Å². The van der Waals surface area contributed by atoms with E-state index in [1.54, 1.807) is 12.1 Å². The summed E-state index contributed by atoms with van der Waals surface area (Å²) in [5, 5.41) is 12.6. The first kappa shape index (κ1) is 13.8. The molecule has 104 valence electrons. The van der Waals surface area contributed by atoms with Crippen LogP contribution in [0.5, 0.6) is 0 Å². The van der Waals surface area contributed by atoms with Gasteiger partial charge in [0, 0.05) is 12.2 Å². The molecule has 1 unspecified atom stereocenters. The minimum absolute atomic E-state index is 0.324. The van der Waals surface area contributed by atoms with Gasteiger partial charge in [0.25, 0.3) is 0 Å². The van der Waals surface area contributed by atoms with Crippen LogP contribution in [0.25, 0.3) is 0 Å². The summed E-state index contributed by atoms with van der Waals surface area (Å²) in [5.41, 5.74) is -0.309. The Morgan fingerprint density at radius 3 is 2.63 bits per heavy atom. The lowest BCUT2D eigenvalue weighted by Gasteiger charge is -2.30. The van der Waals surface area contributed by atoms with Crippen molar-refractivity contribution in [2.75, 3.05) is 25.5 Å². The average molecular weight is 266 g/mol. The van der Waals surface area contributed by atoms with Gasteiger partial charge < -0.3 is 15.3 Å². The number of halogens is 1. The molecule has 2 rings (SSSR count). The quantitative estimate of drug-likeness (QED) is 0.880. The molecular weight excluding hydrogens is 247 g/mol. The number of carbonyl (C=O) groups is 1. The third-order valence-corrected chi connectivity index (χ3v) is 3.70. The molecule has 1 fully saturated rings. The smallest absolute Gasteiger partial charge is 0.329 e. The fourth-order valence-electron chi connectivity index (χ4n) is 2.47. The van der Waals surface area contributed by atoms with E-state index >= 15 is 0 Å². The Morgan fingerprint density at radius 2 is 2.00 bits per heavy atom. The predicted molar refractivity (Wildman–Crippen MR) is 71.7 cm³/mol. The summed E-state index contributed by atoms with van der Waals surface area (Å²) in [7, 11) is 2.00. The third-order valence-electron chi connectivity index (χ3n) is 3.70. The van der Waals surface area contributed by atoms with Gasteiger partial charge in [-0.2, -0.15) is 0 Å². The van der Waals surface area contributed by atoms with Crippen molar-refractivity contribution in [3.63, 3.8) is 0 Å². The van der Waals surface area contributed by atoms with E-state index < -0.39 is 11.5 Å². The van der Waals surface area contributed by atoms with Gasteiger partial charge in [-0.25, -0.2) is 9.18 Å². The van der Waals surface area contributed by atoms with Crippen LogP contribution in [0.3, 0.4) is 0 Å². The van der Waals surface area contributed by atoms with Crippen LogP contribution in [-0.2, 0) is 4.79 Å². The van der Waals surface area contributed by atoms with Gasteiger partial charge in [-0.1, -0.05) is 0 Å². The maximum absolute atomic E-state index is 12.9. The van der Waals surface area contributed by atoms with Crippen molar-refractivity contribution < 1.29 is 14.3 Å². The maximum Gasteiger partial charge on any atom is 0.329 e. The number of likely N-dealkylation sites (tertiary alicyclic amines) is 1. The number of nitrogens with one attached hydrogen (secondary N) is 1. The minimum Gasteiger partial charge on any atom is -0.480 e. The van der Waals surface area contributed by atoms with E-state index in [4.69, 9.17) is 0 Å². The molecule has 0 radical (unpaired) electrons. The highest BCUT2D eigenvalue weighted by atomic mass is 19.1. The molecule has 1 atom stereocenters. The van der Waals surface area contributed by atoms with Gasteiger partial charge in [0.15, 0.2) is 0 Å². The second-order valence-electron chi connectivity index (χ2n) is 5.18. The summed E-state index contributed by atoms with van der Waals surface area (Å²) in [6, 6.07) is 5.82. The van der Waals surface area contributed by atoms with Crippen LogP contribution in [0, 0.1) is 5.82 Å². The van der Waals surface area contributed by atoms with E-state index in [1.807, 2.05) is 7.05 Å². The lowest BCUT2D eigenvalue weighted by Crippen LogP contribution is -2.47. The Bertz CT molecular complexity index is 449. The number of carboxylic acid groups (broad SMARTS) is 1. The minimum atomic E-state index is -0.956. The average Bonchev–Trinajstić information content (AvgIpc) is 2.56. The van der Waals surface area contributed by atoms with E-state index in [0.717, 1.165) is 19.5 Å². The van der Waals surface area contributed by atoms with E-state index in [2.05, 4.69) is 10.2 Å². The summed E-state index contributed by atoms with van der Waals surface area (Å²) in [4.78, 5) is 13.8. The molecule has 2 N–H and O–H groups in total. The second-order valence-corrected chi connectivity index (χ2v) is 5.18. The van der Waals surface area contributed by atoms with Gasteiger partial charge in [-0.3, -0.25) is 0 Å². The normalized spacial score (nSPS) is 24.7. The van der Waals surface area contributed by atoms with Crippen LogP contribution >= 0.6 is 0 Å². The standard InChI is InChI=1S/C14H19FN2O2/c1-17-9-2-7-14(8-10-17,13(18)19)16-12-5-3-11(15)4-6-12/h3-6,16H,2,7-10H2,1H3,(H,18,19). The van der Waals surface area contributed by atoms with Gasteiger partial charge in [-0.15, -0.1) is 0 Å². The molecule has 0 bridgehead atoms. The molecule has 5 heteroatoms. The molecule has 1 saturated heterocycles. The first-order chi connectivity index (χ1) is 9.02. The highest BCUT2D eigenvalue weighted by Gasteiger charge is 2.39. The van der Waals surface area contributed by atoms with Crippen LogP contribution in [0.2, 0.25) is 0 Å². The van der Waals surface area contributed by atoms with Crippen LogP contribution < -0.4 is 5.32 Å². The van der Waals surface area contributed by atoms with E-state index in [0.29, 0.717) is 18.5 Å². The highest BCUT2D eigenvalue weighted by Crippen LogP contribution is 2.27. The van der Waals surface area contributed by atoms with E-state index in [1.165, 1.54) is 12.1 Å². The molecule has 0 spiro atoms. The lowest BCUT2D eigenvalue weighted by molar-refractivity contribution is -0.142. The molecule has 1 aliphatic rings. The molecule has 1 heterocycles. The number of aliphatic carboxylic acids is 1. The molecule has 0 amide bonds. The van der Waals surface area contributed by atoms with Crippen LogP contribution in [-0.4, -0.2) is 41.7 Å². The van der Waals surface area contributed by atoms with Gasteiger partial charge in [0.1, 0.15) is 11.4 Å². The number of hydrogen-bond acceptors (Lipinski definition) is 3. The Labute approximate surface area is 112 Å². The second kappa shape index (κ2) is 5.57. The Kier molecular flexibility index (Phi) is 4.04. The summed E-state index contributed by atoms with van der Waals surface area (Å²) < 4.78 is 12.9.